The van der Waals surface area contributed by atoms with Crippen LogP contribution in [0.2, 0.25) is 0 Å². The van der Waals surface area contributed by atoms with Crippen molar-refractivity contribution in [2.24, 2.45) is 21.5 Å². The Morgan fingerprint density at radius 3 is 1.78 bits per heavy atom. The maximum Gasteiger partial charge on any atom is 0.222 e. The van der Waals surface area contributed by atoms with Gasteiger partial charge in [-0.2, -0.15) is 0 Å². The minimum absolute atomic E-state index is 0.0957. The molecule has 0 radical (unpaired) electrons. The van der Waals surface area contributed by atoms with Gasteiger partial charge in [0, 0.05) is 11.1 Å². The zero-order chi connectivity index (χ0) is 18.8. The number of nitrogens with zero attached hydrogens (tertiary/aromatic N) is 5. The number of benzene rings is 2. The SMILES string of the molecule is NC1=NC(=S)N=C(N)C1c1nnc(-c2ccccc2)c(-c2ccccc2)n1. The standard InChI is InChI=1S/C19H15N7S/c20-16-13(17(21)24-19(27)23-16)18-22-14(11-7-3-1-4-8-11)15(25-26-18)12-9-5-2-6-10-12/h1-10,13H,(H4,20,21,23,24,27). The van der Waals surface area contributed by atoms with E-state index in [1.807, 2.05) is 60.7 Å². The topological polar surface area (TPSA) is 115 Å². The van der Waals surface area contributed by atoms with Crippen molar-refractivity contribution in [2.45, 2.75) is 5.92 Å². The highest BCUT2D eigenvalue weighted by molar-refractivity contribution is 7.80. The predicted molar refractivity (Wildman–Crippen MR) is 109 cm³/mol. The molecule has 132 valence electrons. The van der Waals surface area contributed by atoms with E-state index < -0.39 is 5.92 Å². The zero-order valence-corrected chi connectivity index (χ0v) is 15.0. The Morgan fingerprint density at radius 1 is 0.704 bits per heavy atom. The Hall–Kier alpha value is -3.52. The first-order chi connectivity index (χ1) is 13.1. The van der Waals surface area contributed by atoms with Gasteiger partial charge in [-0.15, -0.1) is 10.2 Å². The van der Waals surface area contributed by atoms with Gasteiger partial charge >= 0.3 is 0 Å². The van der Waals surface area contributed by atoms with Gasteiger partial charge in [0.25, 0.3) is 0 Å². The van der Waals surface area contributed by atoms with Gasteiger partial charge in [0.15, 0.2) is 5.82 Å². The smallest absolute Gasteiger partial charge is 0.222 e. The molecule has 0 fully saturated rings. The molecule has 3 aromatic rings. The summed E-state index contributed by atoms with van der Waals surface area (Å²) in [7, 11) is 0. The molecule has 0 bridgehead atoms. The number of amidine groups is 2. The van der Waals surface area contributed by atoms with Crippen molar-refractivity contribution in [1.82, 2.24) is 15.2 Å². The number of rotatable bonds is 3. The van der Waals surface area contributed by atoms with Crippen LogP contribution in [-0.4, -0.2) is 32.0 Å². The van der Waals surface area contributed by atoms with E-state index in [-0.39, 0.29) is 16.8 Å². The van der Waals surface area contributed by atoms with Crippen LogP contribution in [0.3, 0.4) is 0 Å². The lowest BCUT2D eigenvalue weighted by Gasteiger charge is -2.18. The fourth-order valence-corrected chi connectivity index (χ4v) is 3.05. The van der Waals surface area contributed by atoms with Crippen molar-refractivity contribution in [2.75, 3.05) is 0 Å². The number of aromatic nitrogens is 3. The molecule has 1 aliphatic heterocycles. The second kappa shape index (κ2) is 7.00. The summed E-state index contributed by atoms with van der Waals surface area (Å²) in [4.78, 5) is 12.8. The van der Waals surface area contributed by atoms with E-state index >= 15 is 0 Å². The Balaban J connectivity index is 1.89. The van der Waals surface area contributed by atoms with Gasteiger partial charge in [-0.3, -0.25) is 0 Å². The summed E-state index contributed by atoms with van der Waals surface area (Å²) in [6, 6.07) is 19.5. The molecular weight excluding hydrogens is 358 g/mol. The molecule has 0 unspecified atom stereocenters. The van der Waals surface area contributed by atoms with Crippen LogP contribution in [0.4, 0.5) is 0 Å². The molecule has 1 aromatic heterocycles. The third kappa shape index (κ3) is 3.30. The van der Waals surface area contributed by atoms with Gasteiger partial charge in [-0.25, -0.2) is 15.0 Å². The first-order valence-corrected chi connectivity index (χ1v) is 8.62. The van der Waals surface area contributed by atoms with E-state index in [0.29, 0.717) is 17.2 Å². The molecule has 2 heterocycles. The number of thiocarbonyl (C=S) groups is 1. The minimum atomic E-state index is -0.656. The third-order valence-corrected chi connectivity index (χ3v) is 4.28. The Morgan fingerprint density at radius 2 is 1.22 bits per heavy atom. The maximum absolute atomic E-state index is 6.02. The van der Waals surface area contributed by atoms with Crippen LogP contribution in [0.1, 0.15) is 11.7 Å². The molecular formula is C19H15N7S. The highest BCUT2D eigenvalue weighted by Crippen LogP contribution is 2.29. The van der Waals surface area contributed by atoms with Crippen molar-refractivity contribution in [3.8, 4) is 22.5 Å². The Labute approximate surface area is 160 Å². The lowest BCUT2D eigenvalue weighted by molar-refractivity contribution is 0.862. The number of nitrogens with two attached hydrogens (primary N) is 2. The molecule has 0 atom stereocenters. The minimum Gasteiger partial charge on any atom is -0.386 e. The Kier molecular flexibility index (Phi) is 4.39. The normalized spacial score (nSPS) is 14.6. The molecule has 8 heteroatoms. The highest BCUT2D eigenvalue weighted by atomic mass is 32.1. The maximum atomic E-state index is 6.02. The second-order valence-electron chi connectivity index (χ2n) is 5.89. The van der Waals surface area contributed by atoms with Crippen molar-refractivity contribution in [3.63, 3.8) is 0 Å². The molecule has 4 N–H and O–H groups in total. The summed E-state index contributed by atoms with van der Waals surface area (Å²) in [5.41, 5.74) is 15.2. The Bertz CT molecular complexity index is 1040. The van der Waals surface area contributed by atoms with Gasteiger partial charge in [-0.1, -0.05) is 60.7 Å². The monoisotopic (exact) mass is 373 g/mol. The molecule has 0 saturated carbocycles. The molecule has 0 spiro atoms. The van der Waals surface area contributed by atoms with Crippen molar-refractivity contribution < 1.29 is 0 Å². The molecule has 0 saturated heterocycles. The third-order valence-electron chi connectivity index (χ3n) is 4.10. The van der Waals surface area contributed by atoms with E-state index in [9.17, 15) is 0 Å². The van der Waals surface area contributed by atoms with Crippen LogP contribution in [-0.2, 0) is 0 Å². The van der Waals surface area contributed by atoms with Crippen LogP contribution in [0, 0.1) is 0 Å². The number of hydrogen-bond acceptors (Lipinski definition) is 6. The second-order valence-corrected chi connectivity index (χ2v) is 6.25. The zero-order valence-electron chi connectivity index (χ0n) is 14.1. The average Bonchev–Trinajstić information content (AvgIpc) is 2.68. The molecule has 7 nitrogen and oxygen atoms in total. The summed E-state index contributed by atoms with van der Waals surface area (Å²) in [5.74, 6) is 0.0940. The lowest BCUT2D eigenvalue weighted by Crippen LogP contribution is -2.38. The van der Waals surface area contributed by atoms with Gasteiger partial charge < -0.3 is 11.5 Å². The predicted octanol–water partition coefficient (Wildman–Crippen LogP) is 2.30. The van der Waals surface area contributed by atoms with E-state index in [1.165, 1.54) is 0 Å². The van der Waals surface area contributed by atoms with Crippen molar-refractivity contribution >= 4 is 29.0 Å². The first-order valence-electron chi connectivity index (χ1n) is 8.21. The van der Waals surface area contributed by atoms with E-state index in [2.05, 4.69) is 20.2 Å². The van der Waals surface area contributed by atoms with Gasteiger partial charge in [0.1, 0.15) is 29.0 Å². The van der Waals surface area contributed by atoms with Crippen molar-refractivity contribution in [1.29, 1.82) is 0 Å². The fourth-order valence-electron chi connectivity index (χ4n) is 2.84. The number of hydrogen-bond donors (Lipinski definition) is 2. The van der Waals surface area contributed by atoms with Crippen LogP contribution in [0.5, 0.6) is 0 Å². The summed E-state index contributed by atoms with van der Waals surface area (Å²) in [6.07, 6.45) is 0. The molecule has 4 rings (SSSR count). The van der Waals surface area contributed by atoms with Gasteiger partial charge in [0.2, 0.25) is 5.11 Å². The highest BCUT2D eigenvalue weighted by Gasteiger charge is 2.29. The van der Waals surface area contributed by atoms with E-state index in [0.717, 1.165) is 11.1 Å². The molecule has 0 amide bonds. The molecule has 1 aliphatic rings. The summed E-state index contributed by atoms with van der Waals surface area (Å²) >= 11 is 4.96. The summed E-state index contributed by atoms with van der Waals surface area (Å²) in [6.45, 7) is 0. The molecule has 0 aliphatic carbocycles. The van der Waals surface area contributed by atoms with Crippen molar-refractivity contribution in [3.05, 3.63) is 66.5 Å². The molecule has 27 heavy (non-hydrogen) atoms. The largest absolute Gasteiger partial charge is 0.386 e. The average molecular weight is 373 g/mol. The van der Waals surface area contributed by atoms with Gasteiger partial charge in [0.05, 0.1) is 0 Å². The summed E-state index contributed by atoms with van der Waals surface area (Å²) < 4.78 is 0. The van der Waals surface area contributed by atoms with Crippen LogP contribution in [0.15, 0.2) is 70.6 Å². The quantitative estimate of drug-likeness (QED) is 0.681. The van der Waals surface area contributed by atoms with Crippen LogP contribution >= 0.6 is 12.2 Å². The lowest BCUT2D eigenvalue weighted by atomic mass is 10.0. The van der Waals surface area contributed by atoms with E-state index in [1.54, 1.807) is 0 Å². The van der Waals surface area contributed by atoms with E-state index in [4.69, 9.17) is 28.7 Å². The fraction of sp³-hybridized carbons (Fsp3) is 0.0526. The van der Waals surface area contributed by atoms with Crippen LogP contribution in [0.25, 0.3) is 22.5 Å². The molecule has 2 aromatic carbocycles. The van der Waals surface area contributed by atoms with Crippen LogP contribution < -0.4 is 11.5 Å². The first kappa shape index (κ1) is 16.9. The number of aliphatic imine (C=N–C) groups is 2. The van der Waals surface area contributed by atoms with Gasteiger partial charge in [-0.05, 0) is 12.2 Å². The summed E-state index contributed by atoms with van der Waals surface area (Å²) in [5, 5.41) is 8.78.